The van der Waals surface area contributed by atoms with Crippen LogP contribution in [-0.4, -0.2) is 30.1 Å². The van der Waals surface area contributed by atoms with Crippen LogP contribution in [0.25, 0.3) is 0 Å². The van der Waals surface area contributed by atoms with Gasteiger partial charge in [-0.05, 0) is 23.1 Å². The number of nitriles is 1. The summed E-state index contributed by atoms with van der Waals surface area (Å²) in [6.07, 6.45) is 2.27. The van der Waals surface area contributed by atoms with Crippen molar-refractivity contribution in [3.05, 3.63) is 69.2 Å². The largest absolute Gasteiger partial charge is 0.457 e. The lowest BCUT2D eigenvalue weighted by atomic mass is 9.67. The van der Waals surface area contributed by atoms with Crippen LogP contribution in [0.1, 0.15) is 43.7 Å². The van der Waals surface area contributed by atoms with E-state index in [4.69, 9.17) is 10.00 Å². The van der Waals surface area contributed by atoms with Gasteiger partial charge in [-0.2, -0.15) is 5.26 Å². The summed E-state index contributed by atoms with van der Waals surface area (Å²) < 4.78 is 6.01. The number of ketones is 3. The van der Waals surface area contributed by atoms with E-state index in [1.807, 2.05) is 13.8 Å². The molecule has 1 aromatic rings. The number of rotatable bonds is 1. The molecule has 1 unspecified atom stereocenters. The molecule has 0 spiro atoms. The first-order valence-corrected chi connectivity index (χ1v) is 9.81. The maximum Gasteiger partial charge on any atom is 0.227 e. The molecule has 2 heterocycles. The first-order valence-electron chi connectivity index (χ1n) is 9.81. The fourth-order valence-corrected chi connectivity index (χ4v) is 4.69. The molecule has 1 aromatic carbocycles. The number of allylic oxidation sites excluding steroid dienone is 5. The fourth-order valence-electron chi connectivity index (χ4n) is 4.69. The zero-order valence-corrected chi connectivity index (χ0v) is 16.6. The predicted octanol–water partition coefficient (Wildman–Crippen LogP) is 3.10. The zero-order valence-electron chi connectivity index (χ0n) is 16.6. The second-order valence-corrected chi connectivity index (χ2v) is 8.81. The minimum atomic E-state index is -0.695. The van der Waals surface area contributed by atoms with E-state index in [-0.39, 0.29) is 46.2 Å². The van der Waals surface area contributed by atoms with Crippen molar-refractivity contribution >= 4 is 23.6 Å². The van der Waals surface area contributed by atoms with E-state index in [1.165, 1.54) is 6.21 Å². The molecule has 0 N–H and O–H groups in total. The molecule has 5 rings (SSSR count). The molecule has 6 nitrogen and oxygen atoms in total. The number of ether oxygens (including phenoxy) is 1. The first-order chi connectivity index (χ1) is 14.3. The molecule has 2 aliphatic carbocycles. The third-order valence-corrected chi connectivity index (χ3v) is 6.06. The average Bonchev–Trinajstić information content (AvgIpc) is 3.20. The number of carbonyl (C=O) groups is 3. The molecule has 0 amide bonds. The Labute approximate surface area is 173 Å². The van der Waals surface area contributed by atoms with Gasteiger partial charge in [-0.3, -0.25) is 19.4 Å². The van der Waals surface area contributed by atoms with Crippen LogP contribution in [0.15, 0.2) is 63.1 Å². The third-order valence-electron chi connectivity index (χ3n) is 6.06. The normalized spacial score (nSPS) is 24.4. The zero-order chi connectivity index (χ0) is 21.2. The molecule has 6 heteroatoms. The maximum atomic E-state index is 13.4. The summed E-state index contributed by atoms with van der Waals surface area (Å²) in [5.74, 6) is -0.948. The molecule has 0 radical (unpaired) electrons. The topological polar surface area (TPSA) is 96.6 Å². The summed E-state index contributed by atoms with van der Waals surface area (Å²) in [5, 5.41) is 9.13. The molecule has 2 aliphatic heterocycles. The molecule has 0 saturated heterocycles. The smallest absolute Gasteiger partial charge is 0.227 e. The predicted molar refractivity (Wildman–Crippen MR) is 107 cm³/mol. The molecule has 0 aromatic heterocycles. The van der Waals surface area contributed by atoms with E-state index in [9.17, 15) is 14.4 Å². The molecular weight excluding hydrogens is 380 g/mol. The molecule has 0 fully saturated rings. The van der Waals surface area contributed by atoms with E-state index >= 15 is 0 Å². The lowest BCUT2D eigenvalue weighted by Gasteiger charge is -2.39. The Kier molecular flexibility index (Phi) is 3.81. The highest BCUT2D eigenvalue weighted by Crippen LogP contribution is 2.51. The third kappa shape index (κ3) is 2.55. The van der Waals surface area contributed by atoms with E-state index in [1.54, 1.807) is 24.3 Å². The van der Waals surface area contributed by atoms with Gasteiger partial charge in [0.2, 0.25) is 5.78 Å². The molecular formula is C24H18N2O4. The summed E-state index contributed by atoms with van der Waals surface area (Å²) in [6.45, 7) is 4.13. The Bertz CT molecular complexity index is 1220. The number of aliphatic imine (C=N–C) groups is 1. The van der Waals surface area contributed by atoms with Crippen LogP contribution in [0.3, 0.4) is 0 Å². The van der Waals surface area contributed by atoms with Crippen molar-refractivity contribution < 1.29 is 19.1 Å². The molecule has 30 heavy (non-hydrogen) atoms. The lowest BCUT2D eigenvalue weighted by Crippen LogP contribution is -2.37. The second kappa shape index (κ2) is 6.20. The van der Waals surface area contributed by atoms with E-state index in [0.29, 0.717) is 40.9 Å². The number of carbonyl (C=O) groups excluding carboxylic acids is 3. The summed E-state index contributed by atoms with van der Waals surface area (Å²) in [6, 6.07) is 8.85. The van der Waals surface area contributed by atoms with Gasteiger partial charge >= 0.3 is 0 Å². The van der Waals surface area contributed by atoms with Gasteiger partial charge in [0.05, 0.1) is 23.8 Å². The van der Waals surface area contributed by atoms with Gasteiger partial charge in [0.25, 0.3) is 0 Å². The van der Waals surface area contributed by atoms with Crippen molar-refractivity contribution in [1.29, 1.82) is 5.26 Å². The fraction of sp³-hybridized carbons (Fsp3) is 0.292. The van der Waals surface area contributed by atoms with Crippen LogP contribution in [0.4, 0.5) is 0 Å². The van der Waals surface area contributed by atoms with Gasteiger partial charge in [-0.25, -0.2) is 0 Å². The maximum absolute atomic E-state index is 13.4. The highest BCUT2D eigenvalue weighted by Gasteiger charge is 2.49. The number of Topliss-reactive ketones (excluding diaryl/α,β-unsaturated/α-hetero) is 3. The minimum Gasteiger partial charge on any atom is -0.457 e. The standard InChI is InChI=1S/C24H18N2O4/c1-24(2)7-16(27)19-17(8-24)30-23-20(18(19)13-5-3-12(9-25)4-6-13)21(28)14-10-26-11-15(14)22(23)29/h3-6,10,18H,7-8,11H2,1-2H3. The van der Waals surface area contributed by atoms with Crippen LogP contribution in [0.5, 0.6) is 0 Å². The Balaban J connectivity index is 1.73. The van der Waals surface area contributed by atoms with Crippen molar-refractivity contribution in [3.8, 4) is 6.07 Å². The van der Waals surface area contributed by atoms with Crippen molar-refractivity contribution in [2.24, 2.45) is 10.4 Å². The second-order valence-electron chi connectivity index (χ2n) is 8.81. The van der Waals surface area contributed by atoms with Crippen molar-refractivity contribution in [2.45, 2.75) is 32.6 Å². The number of nitrogens with zero attached hydrogens (tertiary/aromatic N) is 2. The Morgan fingerprint density at radius 3 is 2.50 bits per heavy atom. The van der Waals surface area contributed by atoms with E-state index in [2.05, 4.69) is 11.1 Å². The van der Waals surface area contributed by atoms with Crippen molar-refractivity contribution in [2.75, 3.05) is 6.54 Å². The van der Waals surface area contributed by atoms with E-state index < -0.39 is 5.92 Å². The van der Waals surface area contributed by atoms with Crippen LogP contribution in [0.2, 0.25) is 0 Å². The number of hydrogen-bond donors (Lipinski definition) is 0. The molecule has 0 bridgehead atoms. The first kappa shape index (κ1) is 18.4. The van der Waals surface area contributed by atoms with Crippen molar-refractivity contribution in [1.82, 2.24) is 0 Å². The summed E-state index contributed by atoms with van der Waals surface area (Å²) in [4.78, 5) is 43.8. The van der Waals surface area contributed by atoms with Gasteiger partial charge in [0.1, 0.15) is 5.76 Å². The molecule has 1 atom stereocenters. The van der Waals surface area contributed by atoms with Gasteiger partial charge in [-0.15, -0.1) is 0 Å². The summed E-state index contributed by atoms with van der Waals surface area (Å²) in [7, 11) is 0. The Morgan fingerprint density at radius 1 is 1.07 bits per heavy atom. The van der Waals surface area contributed by atoms with Gasteiger partial charge in [-0.1, -0.05) is 26.0 Å². The Hall–Kier alpha value is -3.59. The van der Waals surface area contributed by atoms with Gasteiger partial charge < -0.3 is 4.74 Å². The van der Waals surface area contributed by atoms with E-state index in [0.717, 1.165) is 0 Å². The monoisotopic (exact) mass is 398 g/mol. The highest BCUT2D eigenvalue weighted by atomic mass is 16.5. The van der Waals surface area contributed by atoms with Crippen LogP contribution >= 0.6 is 0 Å². The molecule has 148 valence electrons. The van der Waals surface area contributed by atoms with Gasteiger partial charge in [0.15, 0.2) is 17.3 Å². The van der Waals surface area contributed by atoms with Crippen LogP contribution in [-0.2, 0) is 19.1 Å². The Morgan fingerprint density at radius 2 is 1.80 bits per heavy atom. The highest BCUT2D eigenvalue weighted by molar-refractivity contribution is 6.34. The number of benzene rings is 1. The molecule has 0 saturated carbocycles. The molecule has 4 aliphatic rings. The van der Waals surface area contributed by atoms with Crippen molar-refractivity contribution in [3.63, 3.8) is 0 Å². The van der Waals surface area contributed by atoms with Crippen LogP contribution in [0, 0.1) is 16.7 Å². The summed E-state index contributed by atoms with van der Waals surface area (Å²) >= 11 is 0. The van der Waals surface area contributed by atoms with Gasteiger partial charge in [0, 0.05) is 41.7 Å². The summed E-state index contributed by atoms with van der Waals surface area (Å²) in [5.41, 5.74) is 2.14. The lowest BCUT2D eigenvalue weighted by molar-refractivity contribution is -0.121. The average molecular weight is 398 g/mol. The van der Waals surface area contributed by atoms with Crippen LogP contribution < -0.4 is 0 Å². The quantitative estimate of drug-likeness (QED) is 0.677. The minimum absolute atomic E-state index is 0.0165. The SMILES string of the molecule is CC1(C)CC(=O)C2=C(C1)OC1=C(C(=O)C3=C(CN=C3)C1=O)C2c1ccc(C#N)cc1. The number of hydrogen-bond acceptors (Lipinski definition) is 6.